The van der Waals surface area contributed by atoms with Gasteiger partial charge in [0.1, 0.15) is 0 Å². The van der Waals surface area contributed by atoms with Crippen molar-refractivity contribution in [2.75, 3.05) is 38.8 Å². The third-order valence-corrected chi connectivity index (χ3v) is 6.09. The van der Waals surface area contributed by atoms with Crippen molar-refractivity contribution in [3.05, 3.63) is 64.1 Å². The van der Waals surface area contributed by atoms with Crippen LogP contribution in [0.25, 0.3) is 0 Å². The van der Waals surface area contributed by atoms with Gasteiger partial charge in [0.2, 0.25) is 5.91 Å². The lowest BCUT2D eigenvalue weighted by atomic mass is 9.73. The summed E-state index contributed by atoms with van der Waals surface area (Å²) in [5.74, 6) is 0.126. The van der Waals surface area contributed by atoms with E-state index in [1.165, 1.54) is 11.3 Å². The monoisotopic (exact) mass is 444 g/mol. The molecule has 28 heavy (non-hydrogen) atoms. The van der Waals surface area contributed by atoms with E-state index in [4.69, 9.17) is 4.74 Å². The molecule has 0 unspecified atom stereocenters. The summed E-state index contributed by atoms with van der Waals surface area (Å²) in [6, 6.07) is 16.7. The lowest BCUT2D eigenvalue weighted by molar-refractivity contribution is -0.130. The van der Waals surface area contributed by atoms with Gasteiger partial charge in [-0.1, -0.05) is 40.2 Å². The van der Waals surface area contributed by atoms with E-state index in [1.807, 2.05) is 26.2 Å². The maximum Gasteiger partial charge on any atom is 0.230 e. The molecule has 2 aromatic carbocycles. The van der Waals surface area contributed by atoms with E-state index in [9.17, 15) is 4.79 Å². The van der Waals surface area contributed by atoms with Gasteiger partial charge in [-0.25, -0.2) is 0 Å². The second-order valence-corrected chi connectivity index (χ2v) is 8.54. The number of hydrogen-bond acceptors (Lipinski definition) is 3. The number of rotatable bonds is 7. The topological polar surface area (TPSA) is 41.6 Å². The van der Waals surface area contributed by atoms with Crippen LogP contribution in [0.15, 0.2) is 53.0 Å². The normalized spacial score (nSPS) is 15.8. The van der Waals surface area contributed by atoms with Crippen molar-refractivity contribution >= 4 is 27.5 Å². The van der Waals surface area contributed by atoms with Gasteiger partial charge < -0.3 is 15.0 Å². The average molecular weight is 445 g/mol. The zero-order valence-electron chi connectivity index (χ0n) is 16.7. The number of hydrogen-bond donors (Lipinski definition) is 1. The van der Waals surface area contributed by atoms with Gasteiger partial charge in [-0.3, -0.25) is 4.79 Å². The van der Waals surface area contributed by atoms with E-state index < -0.39 is 5.41 Å². The number of aryl methyl sites for hydroxylation is 1. The van der Waals surface area contributed by atoms with Gasteiger partial charge in [-0.05, 0) is 61.1 Å². The van der Waals surface area contributed by atoms with Gasteiger partial charge in [0.25, 0.3) is 0 Å². The number of carbonyl (C=O) groups excluding carboxylic acids is 1. The van der Waals surface area contributed by atoms with Crippen molar-refractivity contribution < 1.29 is 9.53 Å². The van der Waals surface area contributed by atoms with Crippen molar-refractivity contribution in [3.63, 3.8) is 0 Å². The first-order valence-corrected chi connectivity index (χ1v) is 10.7. The van der Waals surface area contributed by atoms with E-state index in [0.29, 0.717) is 19.8 Å². The Morgan fingerprint density at radius 2 is 1.71 bits per heavy atom. The van der Waals surface area contributed by atoms with Crippen LogP contribution in [0, 0.1) is 0 Å². The second kappa shape index (κ2) is 9.57. The number of halogens is 1. The molecular formula is C23H29BrN2O2. The average Bonchev–Trinajstić information content (AvgIpc) is 2.72. The summed E-state index contributed by atoms with van der Waals surface area (Å²) in [6.45, 7) is 1.94. The molecule has 1 aliphatic rings. The molecule has 5 heteroatoms. The van der Waals surface area contributed by atoms with E-state index in [-0.39, 0.29) is 5.91 Å². The van der Waals surface area contributed by atoms with E-state index in [0.717, 1.165) is 35.7 Å². The number of nitrogens with one attached hydrogen (secondary N) is 1. The largest absolute Gasteiger partial charge is 0.381 e. The summed E-state index contributed by atoms with van der Waals surface area (Å²) in [4.78, 5) is 15.2. The van der Waals surface area contributed by atoms with Crippen LogP contribution in [0.4, 0.5) is 5.69 Å². The minimum Gasteiger partial charge on any atom is -0.381 e. The van der Waals surface area contributed by atoms with Crippen LogP contribution >= 0.6 is 15.9 Å². The third kappa shape index (κ3) is 4.95. The molecule has 1 saturated heterocycles. The Labute approximate surface area is 176 Å². The molecule has 0 spiro atoms. The highest BCUT2D eigenvalue weighted by Crippen LogP contribution is 2.35. The zero-order valence-corrected chi connectivity index (χ0v) is 18.3. The molecule has 0 atom stereocenters. The molecule has 0 aromatic heterocycles. The van der Waals surface area contributed by atoms with E-state index in [2.05, 4.69) is 62.5 Å². The smallest absolute Gasteiger partial charge is 0.230 e. The Morgan fingerprint density at radius 1 is 1.07 bits per heavy atom. The maximum absolute atomic E-state index is 13.2. The molecule has 0 bridgehead atoms. The Morgan fingerprint density at radius 3 is 2.32 bits per heavy atom. The molecule has 1 fully saturated rings. The standard InChI is InChI=1S/C23H29BrN2O2/c1-26(2)21-11-5-18(6-12-21)4-3-15-25-22(27)23(13-16-28-17-14-23)19-7-9-20(24)10-8-19/h5-12H,3-4,13-17H2,1-2H3,(H,25,27). The number of amides is 1. The number of ether oxygens (including phenoxy) is 1. The summed E-state index contributed by atoms with van der Waals surface area (Å²) < 4.78 is 6.56. The Hall–Kier alpha value is -1.85. The summed E-state index contributed by atoms with van der Waals surface area (Å²) >= 11 is 3.48. The lowest BCUT2D eigenvalue weighted by Gasteiger charge is -2.36. The minimum atomic E-state index is -0.480. The first-order chi connectivity index (χ1) is 13.5. The Bertz CT molecular complexity index is 766. The molecule has 0 saturated carbocycles. The molecule has 1 amide bonds. The lowest BCUT2D eigenvalue weighted by Crippen LogP contribution is -2.48. The number of benzene rings is 2. The molecule has 2 aromatic rings. The van der Waals surface area contributed by atoms with Crippen molar-refractivity contribution in [2.45, 2.75) is 31.1 Å². The molecule has 4 nitrogen and oxygen atoms in total. The van der Waals surface area contributed by atoms with Crippen LogP contribution in [-0.4, -0.2) is 39.8 Å². The fourth-order valence-electron chi connectivity index (χ4n) is 3.76. The number of carbonyl (C=O) groups is 1. The van der Waals surface area contributed by atoms with Crippen LogP contribution < -0.4 is 10.2 Å². The Kier molecular flexibility index (Phi) is 7.13. The number of anilines is 1. The van der Waals surface area contributed by atoms with E-state index >= 15 is 0 Å². The molecule has 1 N–H and O–H groups in total. The Balaban J connectivity index is 1.57. The highest BCUT2D eigenvalue weighted by Gasteiger charge is 2.41. The minimum absolute atomic E-state index is 0.126. The van der Waals surface area contributed by atoms with Gasteiger partial charge in [0.15, 0.2) is 0 Å². The van der Waals surface area contributed by atoms with Gasteiger partial charge in [-0.2, -0.15) is 0 Å². The molecular weight excluding hydrogens is 416 g/mol. The predicted octanol–water partition coefficient (Wildman–Crippen LogP) is 4.31. The van der Waals surface area contributed by atoms with Gasteiger partial charge in [-0.15, -0.1) is 0 Å². The number of nitrogens with zero attached hydrogens (tertiary/aromatic N) is 1. The molecule has 3 rings (SSSR count). The van der Waals surface area contributed by atoms with Crippen LogP contribution in [0.5, 0.6) is 0 Å². The second-order valence-electron chi connectivity index (χ2n) is 7.62. The van der Waals surface area contributed by atoms with Crippen molar-refractivity contribution in [1.82, 2.24) is 5.32 Å². The fourth-order valence-corrected chi connectivity index (χ4v) is 4.02. The van der Waals surface area contributed by atoms with Crippen LogP contribution in [0.3, 0.4) is 0 Å². The van der Waals surface area contributed by atoms with Crippen LogP contribution in [0.2, 0.25) is 0 Å². The summed E-state index contributed by atoms with van der Waals surface area (Å²) in [5, 5.41) is 3.19. The molecule has 0 aliphatic carbocycles. The third-order valence-electron chi connectivity index (χ3n) is 5.56. The van der Waals surface area contributed by atoms with Crippen molar-refractivity contribution in [2.24, 2.45) is 0 Å². The highest BCUT2D eigenvalue weighted by atomic mass is 79.9. The maximum atomic E-state index is 13.2. The van der Waals surface area contributed by atoms with Crippen LogP contribution in [0.1, 0.15) is 30.4 Å². The first kappa shape index (κ1) is 20.9. The molecule has 0 radical (unpaired) electrons. The van der Waals surface area contributed by atoms with Gasteiger partial charge >= 0.3 is 0 Å². The SMILES string of the molecule is CN(C)c1ccc(CCCNC(=O)C2(c3ccc(Br)cc3)CCOCC2)cc1. The van der Waals surface area contributed by atoms with E-state index in [1.54, 1.807) is 0 Å². The molecule has 1 heterocycles. The summed E-state index contributed by atoms with van der Waals surface area (Å²) in [6.07, 6.45) is 3.35. The summed E-state index contributed by atoms with van der Waals surface area (Å²) in [5.41, 5.74) is 3.10. The van der Waals surface area contributed by atoms with Crippen molar-refractivity contribution in [3.8, 4) is 0 Å². The first-order valence-electron chi connectivity index (χ1n) is 9.90. The van der Waals surface area contributed by atoms with Crippen LogP contribution in [-0.2, 0) is 21.4 Å². The fraction of sp³-hybridized carbons (Fsp3) is 0.435. The quantitative estimate of drug-likeness (QED) is 0.646. The highest BCUT2D eigenvalue weighted by molar-refractivity contribution is 9.10. The van der Waals surface area contributed by atoms with Crippen molar-refractivity contribution in [1.29, 1.82) is 0 Å². The molecule has 150 valence electrons. The summed E-state index contributed by atoms with van der Waals surface area (Å²) in [7, 11) is 4.09. The van der Waals surface area contributed by atoms with Gasteiger partial charge in [0, 0.05) is 44.0 Å². The predicted molar refractivity (Wildman–Crippen MR) is 118 cm³/mol. The zero-order chi connectivity index (χ0) is 20.0. The molecule has 1 aliphatic heterocycles. The van der Waals surface area contributed by atoms with Gasteiger partial charge in [0.05, 0.1) is 5.41 Å².